The van der Waals surface area contributed by atoms with Gasteiger partial charge in [-0.2, -0.15) is 0 Å². The number of aliphatic hydroxyl groups excluding tert-OH is 1. The van der Waals surface area contributed by atoms with Crippen LogP contribution in [0.25, 0.3) is 0 Å². The third kappa shape index (κ3) is 2.51. The zero-order valence-electron chi connectivity index (χ0n) is 9.32. The minimum atomic E-state index is -0.263. The van der Waals surface area contributed by atoms with Crippen LogP contribution < -0.4 is 4.74 Å². The second-order valence-electron chi connectivity index (χ2n) is 4.13. The highest BCUT2D eigenvalue weighted by atomic mass is 19.1. The lowest BCUT2D eigenvalue weighted by Crippen LogP contribution is -2.22. The molecule has 0 spiro atoms. The summed E-state index contributed by atoms with van der Waals surface area (Å²) in [5.41, 5.74) is 0.648. The summed E-state index contributed by atoms with van der Waals surface area (Å²) in [6.07, 6.45) is 0.513. The van der Waals surface area contributed by atoms with Crippen molar-refractivity contribution in [1.82, 2.24) is 4.90 Å². The standard InChI is InChI=1S/C12H16FNO2/c1-16-11-3-2-9(12(13)6-11)7-14-5-4-10(15)8-14/h2-3,6,10,15H,4-5,7-8H2,1H3/t10-/m1/s1. The lowest BCUT2D eigenvalue weighted by molar-refractivity contribution is 0.174. The summed E-state index contributed by atoms with van der Waals surface area (Å²) < 4.78 is 18.6. The molecule has 88 valence electrons. The molecule has 1 aromatic carbocycles. The molecule has 1 aliphatic heterocycles. The molecule has 1 N–H and O–H groups in total. The van der Waals surface area contributed by atoms with E-state index in [0.29, 0.717) is 24.4 Å². The van der Waals surface area contributed by atoms with E-state index in [1.807, 2.05) is 0 Å². The van der Waals surface area contributed by atoms with Crippen LogP contribution in [0.15, 0.2) is 18.2 Å². The molecule has 0 bridgehead atoms. The minimum Gasteiger partial charge on any atom is -0.497 e. The Morgan fingerprint density at radius 2 is 2.38 bits per heavy atom. The van der Waals surface area contributed by atoms with Crippen molar-refractivity contribution in [3.05, 3.63) is 29.6 Å². The molecule has 0 aromatic heterocycles. The zero-order chi connectivity index (χ0) is 11.5. The summed E-state index contributed by atoms with van der Waals surface area (Å²) in [5, 5.41) is 9.37. The molecule has 0 unspecified atom stereocenters. The summed E-state index contributed by atoms with van der Waals surface area (Å²) in [4.78, 5) is 2.05. The molecular formula is C12H16FNO2. The Morgan fingerprint density at radius 1 is 1.56 bits per heavy atom. The number of β-amino-alcohol motifs (C(OH)–C–C–N with tert-alkyl or cyclic N) is 1. The van der Waals surface area contributed by atoms with Gasteiger partial charge in [-0.15, -0.1) is 0 Å². The highest BCUT2D eigenvalue weighted by molar-refractivity contribution is 5.28. The van der Waals surface area contributed by atoms with Gasteiger partial charge in [-0.1, -0.05) is 6.07 Å². The zero-order valence-corrected chi connectivity index (χ0v) is 9.32. The number of nitrogens with zero attached hydrogens (tertiary/aromatic N) is 1. The molecule has 1 aliphatic rings. The fraction of sp³-hybridized carbons (Fsp3) is 0.500. The lowest BCUT2D eigenvalue weighted by Gasteiger charge is -2.15. The third-order valence-corrected chi connectivity index (χ3v) is 2.90. The first kappa shape index (κ1) is 11.4. The summed E-state index contributed by atoms with van der Waals surface area (Å²) in [5.74, 6) is 0.281. The molecule has 2 rings (SSSR count). The topological polar surface area (TPSA) is 32.7 Å². The maximum atomic E-state index is 13.6. The van der Waals surface area contributed by atoms with Crippen LogP contribution in [-0.4, -0.2) is 36.3 Å². The van der Waals surface area contributed by atoms with E-state index in [2.05, 4.69) is 4.90 Å². The number of methoxy groups -OCH3 is 1. The van der Waals surface area contributed by atoms with E-state index in [0.717, 1.165) is 13.0 Å². The van der Waals surface area contributed by atoms with Gasteiger partial charge in [-0.3, -0.25) is 4.90 Å². The van der Waals surface area contributed by atoms with E-state index < -0.39 is 0 Å². The van der Waals surface area contributed by atoms with Crippen LogP contribution in [0.3, 0.4) is 0 Å². The number of hydrogen-bond donors (Lipinski definition) is 1. The van der Waals surface area contributed by atoms with Gasteiger partial charge in [0.25, 0.3) is 0 Å². The van der Waals surface area contributed by atoms with Gasteiger partial charge in [-0.05, 0) is 12.5 Å². The largest absolute Gasteiger partial charge is 0.497 e. The molecule has 0 radical (unpaired) electrons. The lowest BCUT2D eigenvalue weighted by atomic mass is 10.2. The molecule has 0 saturated carbocycles. The molecule has 0 amide bonds. The monoisotopic (exact) mass is 225 g/mol. The van der Waals surface area contributed by atoms with Crippen LogP contribution >= 0.6 is 0 Å². The van der Waals surface area contributed by atoms with Crippen LogP contribution in [0.4, 0.5) is 4.39 Å². The highest BCUT2D eigenvalue weighted by Crippen LogP contribution is 2.19. The van der Waals surface area contributed by atoms with Crippen LogP contribution in [0.5, 0.6) is 5.75 Å². The van der Waals surface area contributed by atoms with Crippen molar-refractivity contribution >= 4 is 0 Å². The molecule has 1 fully saturated rings. The van der Waals surface area contributed by atoms with E-state index in [1.165, 1.54) is 13.2 Å². The van der Waals surface area contributed by atoms with Gasteiger partial charge in [0.2, 0.25) is 0 Å². The smallest absolute Gasteiger partial charge is 0.131 e. The van der Waals surface area contributed by atoms with Gasteiger partial charge in [0.15, 0.2) is 0 Å². The number of benzene rings is 1. The van der Waals surface area contributed by atoms with Gasteiger partial charge >= 0.3 is 0 Å². The fourth-order valence-corrected chi connectivity index (χ4v) is 1.98. The van der Waals surface area contributed by atoms with Gasteiger partial charge < -0.3 is 9.84 Å². The van der Waals surface area contributed by atoms with Crippen LogP contribution in [0, 0.1) is 5.82 Å². The first-order valence-electron chi connectivity index (χ1n) is 5.42. The van der Waals surface area contributed by atoms with Crippen molar-refractivity contribution in [2.45, 2.75) is 19.1 Å². The third-order valence-electron chi connectivity index (χ3n) is 2.90. The van der Waals surface area contributed by atoms with Crippen LogP contribution in [-0.2, 0) is 6.54 Å². The Morgan fingerprint density at radius 3 is 2.94 bits per heavy atom. The summed E-state index contributed by atoms with van der Waals surface area (Å²) in [7, 11) is 1.52. The molecule has 1 heterocycles. The Balaban J connectivity index is 2.04. The number of rotatable bonds is 3. The summed E-state index contributed by atoms with van der Waals surface area (Å²) in [6, 6.07) is 4.88. The van der Waals surface area contributed by atoms with Crippen molar-refractivity contribution in [2.75, 3.05) is 20.2 Å². The van der Waals surface area contributed by atoms with Crippen molar-refractivity contribution in [3.8, 4) is 5.75 Å². The highest BCUT2D eigenvalue weighted by Gasteiger charge is 2.20. The van der Waals surface area contributed by atoms with Crippen molar-refractivity contribution in [2.24, 2.45) is 0 Å². The van der Waals surface area contributed by atoms with E-state index in [-0.39, 0.29) is 11.9 Å². The van der Waals surface area contributed by atoms with Crippen LogP contribution in [0.2, 0.25) is 0 Å². The predicted octanol–water partition coefficient (Wildman–Crippen LogP) is 1.40. The van der Waals surface area contributed by atoms with Gasteiger partial charge in [0.05, 0.1) is 13.2 Å². The van der Waals surface area contributed by atoms with E-state index >= 15 is 0 Å². The number of hydrogen-bond acceptors (Lipinski definition) is 3. The molecule has 3 nitrogen and oxygen atoms in total. The average molecular weight is 225 g/mol. The second kappa shape index (κ2) is 4.80. The molecular weight excluding hydrogens is 209 g/mol. The molecule has 16 heavy (non-hydrogen) atoms. The van der Waals surface area contributed by atoms with Gasteiger partial charge in [0, 0.05) is 31.3 Å². The Bertz CT molecular complexity index is 370. The van der Waals surface area contributed by atoms with Crippen molar-refractivity contribution < 1.29 is 14.2 Å². The maximum absolute atomic E-state index is 13.6. The van der Waals surface area contributed by atoms with Crippen LogP contribution in [0.1, 0.15) is 12.0 Å². The average Bonchev–Trinajstić information content (AvgIpc) is 2.67. The summed E-state index contributed by atoms with van der Waals surface area (Å²) >= 11 is 0. The number of likely N-dealkylation sites (tertiary alicyclic amines) is 1. The predicted molar refractivity (Wildman–Crippen MR) is 58.9 cm³/mol. The number of aliphatic hydroxyl groups is 1. The molecule has 1 saturated heterocycles. The maximum Gasteiger partial charge on any atom is 0.131 e. The van der Waals surface area contributed by atoms with Crippen molar-refractivity contribution in [3.63, 3.8) is 0 Å². The Labute approximate surface area is 94.4 Å². The SMILES string of the molecule is COc1ccc(CN2CC[C@@H](O)C2)c(F)c1. The Hall–Kier alpha value is -1.13. The second-order valence-corrected chi connectivity index (χ2v) is 4.13. The van der Waals surface area contributed by atoms with Gasteiger partial charge in [-0.25, -0.2) is 4.39 Å². The number of halogens is 1. The normalized spacial score (nSPS) is 21.3. The minimum absolute atomic E-state index is 0.249. The van der Waals surface area contributed by atoms with E-state index in [9.17, 15) is 9.50 Å². The quantitative estimate of drug-likeness (QED) is 0.844. The first-order chi connectivity index (χ1) is 7.69. The first-order valence-corrected chi connectivity index (χ1v) is 5.42. The van der Waals surface area contributed by atoms with E-state index in [1.54, 1.807) is 12.1 Å². The number of ether oxygens (including phenoxy) is 1. The van der Waals surface area contributed by atoms with Crippen molar-refractivity contribution in [1.29, 1.82) is 0 Å². The fourth-order valence-electron chi connectivity index (χ4n) is 1.98. The molecule has 1 atom stereocenters. The molecule has 0 aliphatic carbocycles. The molecule has 4 heteroatoms. The summed E-state index contributed by atoms with van der Waals surface area (Å²) in [6.45, 7) is 2.00. The van der Waals surface area contributed by atoms with E-state index in [4.69, 9.17) is 4.74 Å². The Kier molecular flexibility index (Phi) is 3.41. The van der Waals surface area contributed by atoms with Gasteiger partial charge in [0.1, 0.15) is 11.6 Å². The molecule has 1 aromatic rings.